The Morgan fingerprint density at radius 3 is 2.33 bits per heavy atom. The van der Waals surface area contributed by atoms with Gasteiger partial charge in [0.05, 0.1) is 5.56 Å². The van der Waals surface area contributed by atoms with Crippen molar-refractivity contribution in [2.75, 3.05) is 19.6 Å². The van der Waals surface area contributed by atoms with Crippen LogP contribution in [0.5, 0.6) is 0 Å². The molecule has 2 aromatic rings. The first kappa shape index (κ1) is 16.7. The van der Waals surface area contributed by atoms with Gasteiger partial charge < -0.3 is 15.3 Å². The Balaban J connectivity index is 1.65. The van der Waals surface area contributed by atoms with Gasteiger partial charge in [0.15, 0.2) is 0 Å². The number of hydrogen-bond acceptors (Lipinski definition) is 3. The Kier molecular flexibility index (Phi) is 5.62. The summed E-state index contributed by atoms with van der Waals surface area (Å²) in [7, 11) is 0. The molecular formula is C20H24N2O2. The van der Waals surface area contributed by atoms with E-state index in [0.717, 1.165) is 18.7 Å². The maximum absolute atomic E-state index is 10.9. The molecule has 0 spiro atoms. The molecule has 0 aliphatic carbocycles. The third-order valence-corrected chi connectivity index (χ3v) is 4.59. The van der Waals surface area contributed by atoms with E-state index in [9.17, 15) is 4.79 Å². The van der Waals surface area contributed by atoms with Gasteiger partial charge in [0, 0.05) is 19.1 Å². The zero-order chi connectivity index (χ0) is 16.8. The molecule has 2 aromatic carbocycles. The zero-order valence-corrected chi connectivity index (χ0v) is 13.8. The topological polar surface area (TPSA) is 52.6 Å². The average molecular weight is 324 g/mol. The summed E-state index contributed by atoms with van der Waals surface area (Å²) in [6.45, 7) is 4.10. The lowest BCUT2D eigenvalue weighted by Gasteiger charge is -2.25. The third-order valence-electron chi connectivity index (χ3n) is 4.59. The monoisotopic (exact) mass is 324 g/mol. The van der Waals surface area contributed by atoms with Crippen molar-refractivity contribution in [2.24, 2.45) is 0 Å². The summed E-state index contributed by atoms with van der Waals surface area (Å²) < 4.78 is 0. The Labute approximate surface area is 143 Å². The first-order chi connectivity index (χ1) is 11.7. The fourth-order valence-electron chi connectivity index (χ4n) is 3.20. The van der Waals surface area contributed by atoms with Crippen LogP contribution in [0.15, 0.2) is 54.6 Å². The highest BCUT2D eigenvalue weighted by atomic mass is 16.4. The fraction of sp³-hybridized carbons (Fsp3) is 0.350. The molecule has 0 bridgehead atoms. The van der Waals surface area contributed by atoms with Gasteiger partial charge in [0.25, 0.3) is 0 Å². The van der Waals surface area contributed by atoms with E-state index in [1.165, 1.54) is 31.5 Å². The summed E-state index contributed by atoms with van der Waals surface area (Å²) in [6, 6.07) is 17.9. The van der Waals surface area contributed by atoms with E-state index in [2.05, 4.69) is 34.5 Å². The van der Waals surface area contributed by atoms with Crippen LogP contribution < -0.4 is 5.32 Å². The maximum atomic E-state index is 10.9. The van der Waals surface area contributed by atoms with Crippen molar-refractivity contribution >= 4 is 5.97 Å². The number of carboxylic acid groups (broad SMARTS) is 1. The van der Waals surface area contributed by atoms with Crippen molar-refractivity contribution in [3.05, 3.63) is 71.3 Å². The fourth-order valence-corrected chi connectivity index (χ4v) is 3.20. The van der Waals surface area contributed by atoms with E-state index in [1.807, 2.05) is 18.2 Å². The predicted molar refractivity (Wildman–Crippen MR) is 95.1 cm³/mol. The van der Waals surface area contributed by atoms with Crippen LogP contribution in [-0.4, -0.2) is 35.6 Å². The first-order valence-corrected chi connectivity index (χ1v) is 8.55. The van der Waals surface area contributed by atoms with Crippen molar-refractivity contribution in [1.29, 1.82) is 0 Å². The van der Waals surface area contributed by atoms with Crippen LogP contribution in [-0.2, 0) is 6.54 Å². The average Bonchev–Trinajstić information content (AvgIpc) is 3.13. The van der Waals surface area contributed by atoms with Gasteiger partial charge in [0.1, 0.15) is 0 Å². The Bertz CT molecular complexity index is 649. The van der Waals surface area contributed by atoms with Gasteiger partial charge in [-0.05, 0) is 49.2 Å². The van der Waals surface area contributed by atoms with Crippen LogP contribution in [0.1, 0.15) is 40.4 Å². The molecule has 1 saturated heterocycles. The number of nitrogens with zero attached hydrogens (tertiary/aromatic N) is 1. The molecule has 1 heterocycles. The van der Waals surface area contributed by atoms with E-state index in [-0.39, 0.29) is 6.04 Å². The molecule has 4 heteroatoms. The highest BCUT2D eigenvalue weighted by Gasteiger charge is 2.18. The molecule has 126 valence electrons. The van der Waals surface area contributed by atoms with Crippen LogP contribution in [0.4, 0.5) is 0 Å². The lowest BCUT2D eigenvalue weighted by Crippen LogP contribution is -2.33. The number of carboxylic acids is 1. The number of carbonyl (C=O) groups is 1. The predicted octanol–water partition coefficient (Wildman–Crippen LogP) is 3.31. The molecule has 0 saturated carbocycles. The van der Waals surface area contributed by atoms with Crippen molar-refractivity contribution < 1.29 is 9.90 Å². The maximum Gasteiger partial charge on any atom is 0.335 e. The smallest absolute Gasteiger partial charge is 0.335 e. The van der Waals surface area contributed by atoms with Gasteiger partial charge in [-0.1, -0.05) is 42.5 Å². The molecule has 1 atom stereocenters. The van der Waals surface area contributed by atoms with E-state index >= 15 is 0 Å². The van der Waals surface area contributed by atoms with Gasteiger partial charge >= 0.3 is 5.97 Å². The van der Waals surface area contributed by atoms with E-state index < -0.39 is 5.97 Å². The second-order valence-corrected chi connectivity index (χ2v) is 6.35. The summed E-state index contributed by atoms with van der Waals surface area (Å²) >= 11 is 0. The zero-order valence-electron chi connectivity index (χ0n) is 13.8. The quantitative estimate of drug-likeness (QED) is 0.820. The minimum Gasteiger partial charge on any atom is -0.478 e. The first-order valence-electron chi connectivity index (χ1n) is 8.55. The van der Waals surface area contributed by atoms with Gasteiger partial charge in [0.2, 0.25) is 0 Å². The third kappa shape index (κ3) is 4.43. The Morgan fingerprint density at radius 1 is 1.04 bits per heavy atom. The molecule has 1 aliphatic rings. The molecule has 1 aliphatic heterocycles. The molecule has 0 amide bonds. The lowest BCUT2D eigenvalue weighted by molar-refractivity contribution is 0.0697. The molecule has 24 heavy (non-hydrogen) atoms. The SMILES string of the molecule is O=C(O)c1ccc(CNC(CN2CCCC2)c2ccccc2)cc1. The van der Waals surface area contributed by atoms with Crippen LogP contribution in [0.25, 0.3) is 0 Å². The van der Waals surface area contributed by atoms with E-state index in [1.54, 1.807) is 12.1 Å². The normalized spacial score (nSPS) is 16.2. The number of nitrogens with one attached hydrogen (secondary N) is 1. The molecule has 1 unspecified atom stereocenters. The summed E-state index contributed by atoms with van der Waals surface area (Å²) in [4.78, 5) is 13.4. The standard InChI is InChI=1S/C20H24N2O2/c23-20(24)18-10-8-16(9-11-18)14-21-19(15-22-12-4-5-13-22)17-6-2-1-3-7-17/h1-3,6-11,19,21H,4-5,12-15H2,(H,23,24). The number of rotatable bonds is 7. The van der Waals surface area contributed by atoms with Crippen molar-refractivity contribution in [1.82, 2.24) is 10.2 Å². The molecule has 0 aromatic heterocycles. The van der Waals surface area contributed by atoms with Crippen LogP contribution >= 0.6 is 0 Å². The minimum atomic E-state index is -0.884. The van der Waals surface area contributed by atoms with Gasteiger partial charge in [-0.3, -0.25) is 0 Å². The van der Waals surface area contributed by atoms with Gasteiger partial charge in [-0.2, -0.15) is 0 Å². The number of hydrogen-bond donors (Lipinski definition) is 2. The van der Waals surface area contributed by atoms with Crippen molar-refractivity contribution in [2.45, 2.75) is 25.4 Å². The molecule has 1 fully saturated rings. The van der Waals surface area contributed by atoms with Crippen LogP contribution in [0.3, 0.4) is 0 Å². The van der Waals surface area contributed by atoms with Crippen LogP contribution in [0, 0.1) is 0 Å². The molecule has 2 N–H and O–H groups in total. The van der Waals surface area contributed by atoms with E-state index in [0.29, 0.717) is 5.56 Å². The highest BCUT2D eigenvalue weighted by molar-refractivity contribution is 5.87. The van der Waals surface area contributed by atoms with E-state index in [4.69, 9.17) is 5.11 Å². The lowest BCUT2D eigenvalue weighted by atomic mass is 10.1. The highest BCUT2D eigenvalue weighted by Crippen LogP contribution is 2.18. The number of likely N-dealkylation sites (tertiary alicyclic amines) is 1. The summed E-state index contributed by atoms with van der Waals surface area (Å²) in [5.41, 5.74) is 2.73. The van der Waals surface area contributed by atoms with Crippen molar-refractivity contribution in [3.63, 3.8) is 0 Å². The summed E-state index contributed by atoms with van der Waals surface area (Å²) in [6.07, 6.45) is 2.58. The van der Waals surface area contributed by atoms with Crippen LogP contribution in [0.2, 0.25) is 0 Å². The second-order valence-electron chi connectivity index (χ2n) is 6.35. The summed E-state index contributed by atoms with van der Waals surface area (Å²) in [5, 5.41) is 12.6. The Morgan fingerprint density at radius 2 is 1.71 bits per heavy atom. The van der Waals surface area contributed by atoms with Crippen molar-refractivity contribution in [3.8, 4) is 0 Å². The largest absolute Gasteiger partial charge is 0.478 e. The molecule has 0 radical (unpaired) electrons. The second kappa shape index (κ2) is 8.08. The number of aromatic carboxylic acids is 1. The number of benzene rings is 2. The summed E-state index contributed by atoms with van der Waals surface area (Å²) in [5.74, 6) is -0.884. The van der Waals surface area contributed by atoms with Gasteiger partial charge in [-0.25, -0.2) is 4.79 Å². The van der Waals surface area contributed by atoms with Gasteiger partial charge in [-0.15, -0.1) is 0 Å². The molecular weight excluding hydrogens is 300 g/mol. The minimum absolute atomic E-state index is 0.281. The molecule has 3 rings (SSSR count). The molecule has 4 nitrogen and oxygen atoms in total. The Hall–Kier alpha value is -2.17.